The average molecular weight is 483 g/mol. The van der Waals surface area contributed by atoms with Crippen molar-refractivity contribution < 1.29 is 18.7 Å². The van der Waals surface area contributed by atoms with E-state index in [4.69, 9.17) is 9.15 Å². The Hall–Kier alpha value is -4.35. The summed E-state index contributed by atoms with van der Waals surface area (Å²) in [6.45, 7) is 4.76. The molecule has 0 radical (unpaired) electrons. The van der Waals surface area contributed by atoms with Crippen molar-refractivity contribution in [3.63, 3.8) is 0 Å². The van der Waals surface area contributed by atoms with Gasteiger partial charge < -0.3 is 9.15 Å². The lowest BCUT2D eigenvalue weighted by atomic mass is 9.86. The van der Waals surface area contributed by atoms with Crippen LogP contribution in [-0.4, -0.2) is 23.2 Å². The molecule has 0 bridgehead atoms. The number of ether oxygens (including phenoxy) is 1. The van der Waals surface area contributed by atoms with E-state index in [0.29, 0.717) is 38.4 Å². The predicted octanol–water partition coefficient (Wildman–Crippen LogP) is 5.12. The third kappa shape index (κ3) is 3.66. The van der Waals surface area contributed by atoms with Gasteiger partial charge in [0.15, 0.2) is 11.6 Å². The van der Waals surface area contributed by atoms with Gasteiger partial charge in [-0.05, 0) is 45.0 Å². The zero-order valence-corrected chi connectivity index (χ0v) is 19.9. The van der Waals surface area contributed by atoms with Gasteiger partial charge in [0.2, 0.25) is 0 Å². The van der Waals surface area contributed by atoms with Crippen LogP contribution in [0.2, 0.25) is 0 Å². The Morgan fingerprint density at radius 3 is 2.49 bits per heavy atom. The maximum Gasteiger partial charge on any atom is 0.348 e. The molecule has 0 N–H and O–H groups in total. The number of carbonyl (C=O) groups excluding carboxylic acids is 2. The number of allylic oxidation sites excluding steroid dienone is 3. The van der Waals surface area contributed by atoms with E-state index in [1.165, 1.54) is 17.4 Å². The normalized spacial score (nSPS) is 14.2. The van der Waals surface area contributed by atoms with E-state index in [0.717, 1.165) is 10.2 Å². The number of Topliss-reactive ketones (excluding diaryl/α,β-unsaturated/α-hetero) is 2. The van der Waals surface area contributed by atoms with Crippen LogP contribution in [0.1, 0.15) is 26.3 Å². The van der Waals surface area contributed by atoms with Crippen LogP contribution in [-0.2, 0) is 9.59 Å². The van der Waals surface area contributed by atoms with Gasteiger partial charge in [0.1, 0.15) is 34.6 Å². The Balaban J connectivity index is 1.52. The summed E-state index contributed by atoms with van der Waals surface area (Å²) in [5.74, 6) is -0.0628. The Morgan fingerprint density at radius 2 is 1.74 bits per heavy atom. The van der Waals surface area contributed by atoms with Crippen LogP contribution in [0.25, 0.3) is 31.8 Å². The van der Waals surface area contributed by atoms with Gasteiger partial charge in [0.25, 0.3) is 0 Å². The molecule has 2 heterocycles. The number of para-hydroxylation sites is 1. The molecule has 2 aromatic carbocycles. The molecule has 4 aromatic rings. The minimum atomic E-state index is -0.673. The number of nitrogens with zero attached hydrogens (tertiary/aromatic N) is 2. The Bertz CT molecular complexity index is 1710. The van der Waals surface area contributed by atoms with E-state index in [1.807, 2.05) is 24.3 Å². The minimum absolute atomic E-state index is 0.105. The predicted molar refractivity (Wildman–Crippen MR) is 132 cm³/mol. The van der Waals surface area contributed by atoms with Crippen molar-refractivity contribution in [1.82, 2.24) is 4.98 Å². The third-order valence-electron chi connectivity index (χ3n) is 6.19. The summed E-state index contributed by atoms with van der Waals surface area (Å²) in [5.41, 5.74) is 2.04. The molecule has 35 heavy (non-hydrogen) atoms. The van der Waals surface area contributed by atoms with Crippen molar-refractivity contribution in [3.05, 3.63) is 80.7 Å². The van der Waals surface area contributed by atoms with Crippen LogP contribution in [0, 0.1) is 11.3 Å². The minimum Gasteiger partial charge on any atom is -0.489 e. The number of thiazole rings is 1. The highest BCUT2D eigenvalue weighted by molar-refractivity contribution is 7.21. The van der Waals surface area contributed by atoms with Crippen LogP contribution in [0.5, 0.6) is 5.75 Å². The first-order valence-corrected chi connectivity index (χ1v) is 11.6. The van der Waals surface area contributed by atoms with E-state index >= 15 is 0 Å². The van der Waals surface area contributed by atoms with Crippen molar-refractivity contribution in [3.8, 4) is 22.4 Å². The molecule has 0 spiro atoms. The molecule has 5 rings (SSSR count). The van der Waals surface area contributed by atoms with Gasteiger partial charge in [-0.3, -0.25) is 9.59 Å². The Kier molecular flexibility index (Phi) is 5.42. The fourth-order valence-corrected chi connectivity index (χ4v) is 5.05. The second-order valence-electron chi connectivity index (χ2n) is 8.20. The SMILES string of the molecule is CC1=C(C)C(=O)C(COc2ccc3c(C#N)c(-c4nc5ccccc5s4)c(=O)oc3c2)=C(C)C1=O. The zero-order chi connectivity index (χ0) is 24.9. The summed E-state index contributed by atoms with van der Waals surface area (Å²) in [4.78, 5) is 42.4. The molecular weight excluding hydrogens is 464 g/mol. The standard InChI is InChI=1S/C27H18N2O5S/c1-13-14(2)25(31)19(15(3)24(13)30)12-33-16-8-9-17-18(11-28)23(27(32)34-21(17)10-16)26-29-20-6-4-5-7-22(20)35-26/h4-10H,12H2,1-3H3. The van der Waals surface area contributed by atoms with E-state index in [1.54, 1.807) is 32.9 Å². The van der Waals surface area contributed by atoms with Crippen molar-refractivity contribution in [2.75, 3.05) is 6.61 Å². The number of benzene rings is 2. The third-order valence-corrected chi connectivity index (χ3v) is 7.25. The highest BCUT2D eigenvalue weighted by atomic mass is 32.1. The van der Waals surface area contributed by atoms with Crippen LogP contribution in [0.3, 0.4) is 0 Å². The van der Waals surface area contributed by atoms with Crippen molar-refractivity contribution in [1.29, 1.82) is 5.26 Å². The molecule has 8 heteroatoms. The number of aromatic nitrogens is 1. The molecule has 172 valence electrons. The first-order chi connectivity index (χ1) is 16.8. The van der Waals surface area contributed by atoms with E-state index in [9.17, 15) is 19.6 Å². The molecule has 0 aliphatic heterocycles. The molecule has 0 saturated heterocycles. The molecule has 0 saturated carbocycles. The van der Waals surface area contributed by atoms with Crippen LogP contribution in [0.15, 0.2) is 74.0 Å². The summed E-state index contributed by atoms with van der Waals surface area (Å²) < 4.78 is 12.2. The second kappa shape index (κ2) is 8.46. The molecule has 1 aliphatic rings. The molecule has 0 unspecified atom stereocenters. The van der Waals surface area contributed by atoms with Crippen LogP contribution in [0.4, 0.5) is 0 Å². The van der Waals surface area contributed by atoms with Gasteiger partial charge >= 0.3 is 5.63 Å². The Labute approximate surface area is 203 Å². The number of hydrogen-bond acceptors (Lipinski definition) is 8. The smallest absolute Gasteiger partial charge is 0.348 e. The molecule has 0 amide bonds. The maximum atomic E-state index is 12.9. The van der Waals surface area contributed by atoms with Gasteiger partial charge in [0, 0.05) is 33.7 Å². The lowest BCUT2D eigenvalue weighted by molar-refractivity contribution is -0.116. The van der Waals surface area contributed by atoms with E-state index < -0.39 is 5.63 Å². The monoisotopic (exact) mass is 482 g/mol. The molecule has 1 aliphatic carbocycles. The quantitative estimate of drug-likeness (QED) is 0.293. The summed E-state index contributed by atoms with van der Waals surface area (Å²) in [7, 11) is 0. The zero-order valence-electron chi connectivity index (χ0n) is 19.1. The molecular formula is C27H18N2O5S. The van der Waals surface area contributed by atoms with Crippen molar-refractivity contribution in [2.45, 2.75) is 20.8 Å². The summed E-state index contributed by atoms with van der Waals surface area (Å²) >= 11 is 1.32. The molecule has 2 aromatic heterocycles. The highest BCUT2D eigenvalue weighted by Crippen LogP contribution is 2.34. The van der Waals surface area contributed by atoms with Crippen molar-refractivity contribution >= 4 is 44.1 Å². The largest absolute Gasteiger partial charge is 0.489 e. The lowest BCUT2D eigenvalue weighted by Gasteiger charge is -2.19. The molecule has 0 atom stereocenters. The topological polar surface area (TPSA) is 110 Å². The molecule has 7 nitrogen and oxygen atoms in total. The number of ketones is 2. The summed E-state index contributed by atoms with van der Waals surface area (Å²) in [6, 6.07) is 14.4. The van der Waals surface area contributed by atoms with Gasteiger partial charge in [-0.2, -0.15) is 5.26 Å². The summed E-state index contributed by atoms with van der Waals surface area (Å²) in [6.07, 6.45) is 0. The second-order valence-corrected chi connectivity index (χ2v) is 9.23. The number of rotatable bonds is 4. The fourth-order valence-electron chi connectivity index (χ4n) is 4.05. The van der Waals surface area contributed by atoms with E-state index in [-0.39, 0.29) is 34.9 Å². The van der Waals surface area contributed by atoms with Gasteiger partial charge in [-0.15, -0.1) is 11.3 Å². The number of nitriles is 1. The van der Waals surface area contributed by atoms with Crippen LogP contribution < -0.4 is 10.4 Å². The number of fused-ring (bicyclic) bond motifs is 2. The highest BCUT2D eigenvalue weighted by Gasteiger charge is 2.28. The first kappa shape index (κ1) is 22.4. The summed E-state index contributed by atoms with van der Waals surface area (Å²) in [5, 5.41) is 10.7. The fraction of sp³-hybridized carbons (Fsp3) is 0.148. The molecule has 0 fully saturated rings. The average Bonchev–Trinajstić information content (AvgIpc) is 3.29. The maximum absolute atomic E-state index is 12.9. The van der Waals surface area contributed by atoms with E-state index in [2.05, 4.69) is 11.1 Å². The lowest BCUT2D eigenvalue weighted by Crippen LogP contribution is -2.24. The number of carbonyl (C=O) groups is 2. The van der Waals surface area contributed by atoms with Crippen molar-refractivity contribution in [2.24, 2.45) is 0 Å². The van der Waals surface area contributed by atoms with Gasteiger partial charge in [0.05, 0.1) is 15.8 Å². The van der Waals surface area contributed by atoms with Gasteiger partial charge in [-0.1, -0.05) is 12.1 Å². The first-order valence-electron chi connectivity index (χ1n) is 10.8. The van der Waals surface area contributed by atoms with Crippen LogP contribution >= 0.6 is 11.3 Å². The number of hydrogen-bond donors (Lipinski definition) is 0. The van der Waals surface area contributed by atoms with Gasteiger partial charge in [-0.25, -0.2) is 9.78 Å². The Morgan fingerprint density at radius 1 is 1.00 bits per heavy atom.